The van der Waals surface area contributed by atoms with Crippen molar-refractivity contribution in [2.45, 2.75) is 43.8 Å². The van der Waals surface area contributed by atoms with Gasteiger partial charge in [-0.25, -0.2) is 4.79 Å². The largest absolute Gasteiger partial charge is 0.458 e. The highest BCUT2D eigenvalue weighted by Gasteiger charge is 2.54. The molecule has 1 amide bonds. The van der Waals surface area contributed by atoms with E-state index >= 15 is 0 Å². The first-order chi connectivity index (χ1) is 8.22. The molecule has 2 saturated heterocycles. The summed E-state index contributed by atoms with van der Waals surface area (Å²) in [7, 11) is 0. The Morgan fingerprint density at radius 1 is 1.56 bits per heavy atom. The number of nitrogens with zero attached hydrogens (tertiary/aromatic N) is 1. The summed E-state index contributed by atoms with van der Waals surface area (Å²) in [5.41, 5.74) is 5.84. The monoisotopic (exact) mass is 270 g/mol. The van der Waals surface area contributed by atoms with E-state index < -0.39 is 23.7 Å². The van der Waals surface area contributed by atoms with Gasteiger partial charge in [-0.2, -0.15) is 0 Å². The molecule has 2 rings (SSSR count). The van der Waals surface area contributed by atoms with Gasteiger partial charge in [-0.3, -0.25) is 4.79 Å². The molecule has 2 aliphatic heterocycles. The molecule has 0 aliphatic carbocycles. The smallest absolute Gasteiger partial charge is 0.333 e. The van der Waals surface area contributed by atoms with E-state index in [-0.39, 0.29) is 11.3 Å². The number of hydrogen-bond donors (Lipinski definition) is 1. The van der Waals surface area contributed by atoms with E-state index in [9.17, 15) is 9.59 Å². The van der Waals surface area contributed by atoms with Gasteiger partial charge in [0.1, 0.15) is 17.0 Å². The predicted molar refractivity (Wildman–Crippen MR) is 69.8 cm³/mol. The molecule has 2 N–H and O–H groups in total. The van der Waals surface area contributed by atoms with Crippen LogP contribution >= 0.6 is 11.8 Å². The molecule has 0 aromatic carbocycles. The molecule has 5 nitrogen and oxygen atoms in total. The number of fused-ring (bicyclic) bond motifs is 1. The van der Waals surface area contributed by atoms with E-state index in [1.165, 1.54) is 4.90 Å². The number of thioether (sulfide) groups is 1. The van der Waals surface area contributed by atoms with Gasteiger partial charge in [0.05, 0.1) is 0 Å². The van der Waals surface area contributed by atoms with Crippen LogP contribution in [0.2, 0.25) is 0 Å². The van der Waals surface area contributed by atoms with Crippen molar-refractivity contribution in [3.05, 3.63) is 12.2 Å². The van der Waals surface area contributed by atoms with Crippen LogP contribution < -0.4 is 5.73 Å². The average molecular weight is 270 g/mol. The lowest BCUT2D eigenvalue weighted by Crippen LogP contribution is -2.73. The molecular weight excluding hydrogens is 252 g/mol. The van der Waals surface area contributed by atoms with E-state index in [1.54, 1.807) is 32.5 Å². The molecule has 0 bridgehead atoms. The lowest BCUT2D eigenvalue weighted by Gasteiger charge is -2.51. The number of ether oxygens (including phenoxy) is 1. The van der Waals surface area contributed by atoms with E-state index in [4.69, 9.17) is 10.5 Å². The van der Waals surface area contributed by atoms with Crippen molar-refractivity contribution in [1.29, 1.82) is 0 Å². The molecule has 0 aromatic heterocycles. The zero-order valence-corrected chi connectivity index (χ0v) is 11.6. The number of amides is 1. The normalized spacial score (nSPS) is 31.8. The highest BCUT2D eigenvalue weighted by atomic mass is 32.2. The van der Waals surface area contributed by atoms with Crippen LogP contribution in [0.4, 0.5) is 0 Å². The second kappa shape index (κ2) is 4.28. The highest BCUT2D eigenvalue weighted by Crippen LogP contribution is 2.39. The number of rotatable bonds is 1. The van der Waals surface area contributed by atoms with Crippen molar-refractivity contribution in [2.24, 2.45) is 5.73 Å². The van der Waals surface area contributed by atoms with Gasteiger partial charge in [0.25, 0.3) is 0 Å². The standard InChI is InChI=1S/C12H18N2O3S/c1-6-5-18-10-7(13)9(15)14(10)8(6)11(16)17-12(2,3)4/h7-8,10H,1,5,13H2,2-4H3/t7?,8?,10-/m0/s1. The van der Waals surface area contributed by atoms with Crippen LogP contribution in [0.1, 0.15) is 20.8 Å². The average Bonchev–Trinajstić information content (AvgIpc) is 2.25. The summed E-state index contributed by atoms with van der Waals surface area (Å²) in [4.78, 5) is 25.4. The van der Waals surface area contributed by atoms with Gasteiger partial charge >= 0.3 is 5.97 Å². The van der Waals surface area contributed by atoms with Crippen molar-refractivity contribution in [3.8, 4) is 0 Å². The van der Waals surface area contributed by atoms with Crippen molar-refractivity contribution >= 4 is 23.6 Å². The van der Waals surface area contributed by atoms with Gasteiger partial charge in [0.15, 0.2) is 6.04 Å². The first-order valence-electron chi connectivity index (χ1n) is 5.82. The van der Waals surface area contributed by atoms with Crippen LogP contribution in [0.5, 0.6) is 0 Å². The highest BCUT2D eigenvalue weighted by molar-refractivity contribution is 8.00. The van der Waals surface area contributed by atoms with Gasteiger partial charge in [0, 0.05) is 5.75 Å². The van der Waals surface area contributed by atoms with Gasteiger partial charge in [-0.05, 0) is 26.3 Å². The molecule has 0 spiro atoms. The molecule has 0 saturated carbocycles. The maximum Gasteiger partial charge on any atom is 0.333 e. The molecule has 3 atom stereocenters. The molecule has 2 unspecified atom stereocenters. The lowest BCUT2D eigenvalue weighted by molar-refractivity contribution is -0.169. The van der Waals surface area contributed by atoms with Crippen LogP contribution in [0, 0.1) is 0 Å². The second-order valence-electron chi connectivity index (χ2n) is 5.57. The van der Waals surface area contributed by atoms with E-state index in [1.807, 2.05) is 0 Å². The van der Waals surface area contributed by atoms with Crippen molar-refractivity contribution < 1.29 is 14.3 Å². The van der Waals surface area contributed by atoms with Gasteiger partial charge in [-0.1, -0.05) is 6.58 Å². The molecular formula is C12H18N2O3S. The summed E-state index contributed by atoms with van der Waals surface area (Å²) in [6, 6.07) is -1.18. The number of β-lactam (4-membered cyclic amide) rings is 1. The maximum atomic E-state index is 12.1. The minimum atomic E-state index is -0.678. The third-order valence-corrected chi connectivity index (χ3v) is 4.25. The zero-order chi connectivity index (χ0) is 13.7. The van der Waals surface area contributed by atoms with Crippen molar-refractivity contribution in [3.63, 3.8) is 0 Å². The Labute approximate surface area is 111 Å². The molecule has 0 radical (unpaired) electrons. The Hall–Kier alpha value is -1.01. The Morgan fingerprint density at radius 3 is 2.72 bits per heavy atom. The zero-order valence-electron chi connectivity index (χ0n) is 10.8. The fraction of sp³-hybridized carbons (Fsp3) is 0.667. The summed E-state index contributed by atoms with van der Waals surface area (Å²) in [6.07, 6.45) is 0. The first-order valence-corrected chi connectivity index (χ1v) is 6.87. The van der Waals surface area contributed by atoms with Crippen LogP contribution in [0.15, 0.2) is 12.2 Å². The van der Waals surface area contributed by atoms with Crippen LogP contribution in [-0.4, -0.2) is 45.6 Å². The van der Waals surface area contributed by atoms with E-state index in [2.05, 4.69) is 6.58 Å². The topological polar surface area (TPSA) is 72.6 Å². The minimum absolute atomic E-state index is 0.125. The predicted octanol–water partition coefficient (Wildman–Crippen LogP) is 0.495. The number of esters is 1. The van der Waals surface area contributed by atoms with Gasteiger partial charge in [-0.15, -0.1) is 11.8 Å². The second-order valence-corrected chi connectivity index (χ2v) is 6.67. The molecule has 2 heterocycles. The molecule has 6 heteroatoms. The number of carbonyl (C=O) groups is 2. The molecule has 2 fully saturated rings. The van der Waals surface area contributed by atoms with E-state index in [0.29, 0.717) is 11.3 Å². The summed E-state index contributed by atoms with van der Waals surface area (Å²) in [5.74, 6) is 0.00810. The lowest BCUT2D eigenvalue weighted by atomic mass is 9.99. The molecule has 100 valence electrons. The fourth-order valence-corrected chi connectivity index (χ4v) is 3.33. The fourth-order valence-electron chi connectivity index (χ4n) is 2.07. The maximum absolute atomic E-state index is 12.1. The van der Waals surface area contributed by atoms with Gasteiger partial charge < -0.3 is 15.4 Å². The SMILES string of the molecule is C=C1CS[C@H]2C(N)C(=O)N2C1C(=O)OC(C)(C)C. The molecule has 0 aromatic rings. The number of nitrogens with two attached hydrogens (primary N) is 1. The molecule has 2 aliphatic rings. The number of hydrogen-bond acceptors (Lipinski definition) is 5. The molecule has 18 heavy (non-hydrogen) atoms. The quantitative estimate of drug-likeness (QED) is 0.426. The first kappa shape index (κ1) is 13.4. The third-order valence-electron chi connectivity index (χ3n) is 2.86. The summed E-state index contributed by atoms with van der Waals surface area (Å²) in [6.45, 7) is 9.26. The summed E-state index contributed by atoms with van der Waals surface area (Å²) >= 11 is 1.54. The Bertz CT molecular complexity index is 416. The third kappa shape index (κ3) is 2.14. The van der Waals surface area contributed by atoms with Gasteiger partial charge in [0.2, 0.25) is 5.91 Å². The minimum Gasteiger partial charge on any atom is -0.458 e. The Balaban J connectivity index is 2.17. The Morgan fingerprint density at radius 2 is 2.17 bits per heavy atom. The van der Waals surface area contributed by atoms with Crippen LogP contribution in [0.25, 0.3) is 0 Å². The van der Waals surface area contributed by atoms with Crippen molar-refractivity contribution in [2.75, 3.05) is 5.75 Å². The van der Waals surface area contributed by atoms with Crippen LogP contribution in [0.3, 0.4) is 0 Å². The summed E-state index contributed by atoms with van der Waals surface area (Å²) in [5, 5.41) is -0.125. The van der Waals surface area contributed by atoms with E-state index in [0.717, 1.165) is 0 Å². The van der Waals surface area contributed by atoms with Crippen LogP contribution in [-0.2, 0) is 14.3 Å². The van der Waals surface area contributed by atoms with Crippen molar-refractivity contribution in [1.82, 2.24) is 4.90 Å². The number of carbonyl (C=O) groups excluding carboxylic acids is 2. The Kier molecular flexibility index (Phi) is 3.19. The summed E-state index contributed by atoms with van der Waals surface area (Å²) < 4.78 is 5.34.